The summed E-state index contributed by atoms with van der Waals surface area (Å²) in [6.45, 7) is 3.92. The zero-order chi connectivity index (χ0) is 16.9. The molecule has 2 rings (SSSR count). The fraction of sp³-hybridized carbons (Fsp3) is 0.235. The van der Waals surface area contributed by atoms with Crippen molar-refractivity contribution < 1.29 is 17.9 Å². The van der Waals surface area contributed by atoms with Crippen molar-refractivity contribution in [2.45, 2.75) is 19.6 Å². The molecule has 0 aliphatic heterocycles. The maximum atomic E-state index is 12.2. The van der Waals surface area contributed by atoms with E-state index in [4.69, 9.17) is 4.74 Å². The molecule has 122 valence electrons. The first-order valence-electron chi connectivity index (χ1n) is 7.23. The molecule has 0 amide bonds. The number of sulfonamides is 1. The third-order valence-corrected chi connectivity index (χ3v) is 4.38. The molecule has 1 N–H and O–H groups in total. The largest absolute Gasteiger partial charge is 0.462 e. The summed E-state index contributed by atoms with van der Waals surface area (Å²) in [7, 11) is -3.56. The lowest BCUT2D eigenvalue weighted by Crippen LogP contribution is -2.15. The monoisotopic (exact) mass is 333 g/mol. The van der Waals surface area contributed by atoms with Crippen LogP contribution in [0.1, 0.15) is 28.4 Å². The summed E-state index contributed by atoms with van der Waals surface area (Å²) < 4.78 is 31.9. The summed E-state index contributed by atoms with van der Waals surface area (Å²) in [5.74, 6) is -0.608. The number of benzene rings is 2. The van der Waals surface area contributed by atoms with Crippen molar-refractivity contribution in [1.82, 2.24) is 0 Å². The van der Waals surface area contributed by atoms with Gasteiger partial charge in [-0.1, -0.05) is 35.9 Å². The smallest absolute Gasteiger partial charge is 0.338 e. The Hall–Kier alpha value is -2.34. The number of hydrogen-bond donors (Lipinski definition) is 1. The van der Waals surface area contributed by atoms with Gasteiger partial charge in [-0.15, -0.1) is 0 Å². The molecule has 2 aromatic rings. The highest BCUT2D eigenvalue weighted by Crippen LogP contribution is 2.16. The maximum absolute atomic E-state index is 12.2. The van der Waals surface area contributed by atoms with Gasteiger partial charge in [-0.05, 0) is 37.6 Å². The number of carbonyl (C=O) groups excluding carboxylic acids is 1. The topological polar surface area (TPSA) is 72.5 Å². The Labute approximate surface area is 136 Å². The number of hydrogen-bond acceptors (Lipinski definition) is 4. The summed E-state index contributed by atoms with van der Waals surface area (Å²) >= 11 is 0. The van der Waals surface area contributed by atoms with E-state index >= 15 is 0 Å². The Morgan fingerprint density at radius 1 is 1.13 bits per heavy atom. The number of ether oxygens (including phenoxy) is 1. The van der Waals surface area contributed by atoms with Crippen molar-refractivity contribution in [3.8, 4) is 0 Å². The molecule has 0 aliphatic rings. The normalized spacial score (nSPS) is 11.0. The molecule has 0 fully saturated rings. The molecule has 0 aromatic heterocycles. The Morgan fingerprint density at radius 3 is 2.48 bits per heavy atom. The van der Waals surface area contributed by atoms with Crippen molar-refractivity contribution in [3.05, 3.63) is 65.2 Å². The van der Waals surface area contributed by atoms with E-state index in [0.29, 0.717) is 16.8 Å². The molecule has 0 saturated carbocycles. The molecule has 0 heterocycles. The van der Waals surface area contributed by atoms with E-state index in [-0.39, 0.29) is 12.4 Å². The summed E-state index contributed by atoms with van der Waals surface area (Å²) in [6, 6.07) is 13.5. The average molecular weight is 333 g/mol. The summed E-state index contributed by atoms with van der Waals surface area (Å²) in [5.41, 5.74) is 2.41. The zero-order valence-corrected chi connectivity index (χ0v) is 13.9. The molecular weight excluding hydrogens is 314 g/mol. The van der Waals surface area contributed by atoms with Crippen LogP contribution in [0.5, 0.6) is 0 Å². The van der Waals surface area contributed by atoms with E-state index < -0.39 is 16.0 Å². The fourth-order valence-corrected chi connectivity index (χ4v) is 3.23. The van der Waals surface area contributed by atoms with Gasteiger partial charge in [0.1, 0.15) is 0 Å². The number of nitrogens with one attached hydrogen (secondary N) is 1. The molecule has 0 saturated heterocycles. The molecule has 6 heteroatoms. The van der Waals surface area contributed by atoms with Crippen LogP contribution in [-0.2, 0) is 20.5 Å². The molecule has 0 atom stereocenters. The molecule has 0 aliphatic carbocycles. The summed E-state index contributed by atoms with van der Waals surface area (Å²) in [5, 5.41) is 0. The van der Waals surface area contributed by atoms with E-state index in [1.54, 1.807) is 37.3 Å². The highest BCUT2D eigenvalue weighted by Gasteiger charge is 2.13. The highest BCUT2D eigenvalue weighted by molar-refractivity contribution is 7.91. The molecular formula is C17H19NO4S. The van der Waals surface area contributed by atoms with Crippen LogP contribution < -0.4 is 4.72 Å². The van der Waals surface area contributed by atoms with Gasteiger partial charge < -0.3 is 4.74 Å². The van der Waals surface area contributed by atoms with Crippen molar-refractivity contribution in [2.75, 3.05) is 11.3 Å². The third kappa shape index (κ3) is 5.10. The predicted octanol–water partition coefficient (Wildman–Crippen LogP) is 3.11. The van der Waals surface area contributed by atoms with Crippen LogP contribution in [-0.4, -0.2) is 21.0 Å². The summed E-state index contributed by atoms with van der Waals surface area (Å²) in [6.07, 6.45) is 0. The second kappa shape index (κ2) is 7.28. The van der Waals surface area contributed by atoms with Crippen LogP contribution in [0.3, 0.4) is 0 Å². The number of rotatable bonds is 6. The van der Waals surface area contributed by atoms with Crippen LogP contribution in [0.4, 0.5) is 5.69 Å². The van der Waals surface area contributed by atoms with Gasteiger partial charge in [0.2, 0.25) is 10.0 Å². The lowest BCUT2D eigenvalue weighted by Gasteiger charge is -2.09. The van der Waals surface area contributed by atoms with Crippen molar-refractivity contribution in [2.24, 2.45) is 0 Å². The van der Waals surface area contributed by atoms with Crippen LogP contribution in [0, 0.1) is 6.92 Å². The molecule has 0 unspecified atom stereocenters. The second-order valence-corrected chi connectivity index (χ2v) is 6.87. The van der Waals surface area contributed by atoms with Gasteiger partial charge in [-0.25, -0.2) is 13.2 Å². The van der Waals surface area contributed by atoms with Crippen LogP contribution >= 0.6 is 0 Å². The van der Waals surface area contributed by atoms with Crippen molar-refractivity contribution in [1.29, 1.82) is 0 Å². The fourth-order valence-electron chi connectivity index (χ4n) is 2.04. The van der Waals surface area contributed by atoms with Crippen LogP contribution in [0.25, 0.3) is 0 Å². The lowest BCUT2D eigenvalue weighted by molar-refractivity contribution is 0.0526. The minimum Gasteiger partial charge on any atom is -0.462 e. The van der Waals surface area contributed by atoms with Crippen molar-refractivity contribution >= 4 is 21.7 Å². The Morgan fingerprint density at radius 2 is 1.83 bits per heavy atom. The quantitative estimate of drug-likeness (QED) is 0.825. The van der Waals surface area contributed by atoms with Gasteiger partial charge in [0, 0.05) is 5.69 Å². The first kappa shape index (κ1) is 17.0. The first-order valence-corrected chi connectivity index (χ1v) is 8.88. The molecule has 0 radical (unpaired) electrons. The van der Waals surface area contributed by atoms with Gasteiger partial charge in [0.25, 0.3) is 0 Å². The molecule has 5 nitrogen and oxygen atoms in total. The van der Waals surface area contributed by atoms with Crippen molar-refractivity contribution in [3.63, 3.8) is 0 Å². The van der Waals surface area contributed by atoms with Gasteiger partial charge in [0.05, 0.1) is 17.9 Å². The Balaban J connectivity index is 2.12. The number of carbonyl (C=O) groups is 1. The standard InChI is InChI=1S/C17H19NO4S/c1-3-22-17(19)15-5-4-6-16(11-15)18-23(20,21)12-14-9-7-13(2)8-10-14/h4-11,18H,3,12H2,1-2H3. The summed E-state index contributed by atoms with van der Waals surface area (Å²) in [4.78, 5) is 11.7. The molecule has 23 heavy (non-hydrogen) atoms. The van der Waals surface area contributed by atoms with Crippen LogP contribution in [0.15, 0.2) is 48.5 Å². The minimum absolute atomic E-state index is 0.128. The predicted molar refractivity (Wildman–Crippen MR) is 89.8 cm³/mol. The van der Waals surface area contributed by atoms with E-state index in [2.05, 4.69) is 4.72 Å². The van der Waals surface area contributed by atoms with Gasteiger partial charge >= 0.3 is 5.97 Å². The second-order valence-electron chi connectivity index (χ2n) is 5.15. The van der Waals surface area contributed by atoms with Gasteiger partial charge in [-0.3, -0.25) is 4.72 Å². The molecule has 0 spiro atoms. The van der Waals surface area contributed by atoms with E-state index in [9.17, 15) is 13.2 Å². The maximum Gasteiger partial charge on any atom is 0.338 e. The Bertz CT molecular complexity index is 782. The van der Waals surface area contributed by atoms with E-state index in [0.717, 1.165) is 5.56 Å². The highest BCUT2D eigenvalue weighted by atomic mass is 32.2. The average Bonchev–Trinajstić information content (AvgIpc) is 2.49. The first-order chi connectivity index (χ1) is 10.9. The van der Waals surface area contributed by atoms with Crippen LogP contribution in [0.2, 0.25) is 0 Å². The number of aryl methyl sites for hydroxylation is 1. The third-order valence-electron chi connectivity index (χ3n) is 3.12. The zero-order valence-electron chi connectivity index (χ0n) is 13.1. The lowest BCUT2D eigenvalue weighted by atomic mass is 10.2. The molecule has 2 aromatic carbocycles. The Kier molecular flexibility index (Phi) is 5.39. The number of esters is 1. The minimum atomic E-state index is -3.56. The van der Waals surface area contributed by atoms with E-state index in [1.807, 2.05) is 19.1 Å². The van der Waals surface area contributed by atoms with E-state index in [1.165, 1.54) is 6.07 Å². The molecule has 0 bridgehead atoms. The number of anilines is 1. The SMILES string of the molecule is CCOC(=O)c1cccc(NS(=O)(=O)Cc2ccc(C)cc2)c1. The van der Waals surface area contributed by atoms with Gasteiger partial charge in [0.15, 0.2) is 0 Å². The van der Waals surface area contributed by atoms with Gasteiger partial charge in [-0.2, -0.15) is 0 Å².